The van der Waals surface area contributed by atoms with E-state index >= 15 is 0 Å². The van der Waals surface area contributed by atoms with Crippen LogP contribution in [0.2, 0.25) is 0 Å². The molecule has 1 aromatic heterocycles. The maximum absolute atomic E-state index is 11.8. The highest BCUT2D eigenvalue weighted by Crippen LogP contribution is 2.15. The number of nitrogens with one attached hydrogen (secondary N) is 2. The molecule has 18 heavy (non-hydrogen) atoms. The van der Waals surface area contributed by atoms with Crippen molar-refractivity contribution in [2.24, 2.45) is 17.6 Å². The molecule has 4 N–H and O–H groups in total. The SMILES string of the molecule is CC(C)C[C@H](CN)CC(=O)NC(C)c1nn[nH]n1. The molecule has 2 atom stereocenters. The van der Waals surface area contributed by atoms with Crippen LogP contribution in [0.1, 0.15) is 45.5 Å². The predicted molar refractivity (Wildman–Crippen MR) is 67.4 cm³/mol. The van der Waals surface area contributed by atoms with Crippen LogP contribution >= 0.6 is 0 Å². The second kappa shape index (κ2) is 7.05. The van der Waals surface area contributed by atoms with Gasteiger partial charge in [-0.1, -0.05) is 19.1 Å². The number of tetrazole rings is 1. The zero-order chi connectivity index (χ0) is 13.5. The molecule has 0 fully saturated rings. The second-order valence-corrected chi connectivity index (χ2v) is 4.99. The van der Waals surface area contributed by atoms with Crippen LogP contribution in [-0.2, 0) is 4.79 Å². The minimum atomic E-state index is -0.242. The Balaban J connectivity index is 2.40. The summed E-state index contributed by atoms with van der Waals surface area (Å²) >= 11 is 0. The first-order chi connectivity index (χ1) is 8.52. The summed E-state index contributed by atoms with van der Waals surface area (Å²) in [5.74, 6) is 1.23. The summed E-state index contributed by atoms with van der Waals surface area (Å²) in [5, 5.41) is 16.3. The first-order valence-corrected chi connectivity index (χ1v) is 6.25. The first-order valence-electron chi connectivity index (χ1n) is 6.25. The maximum Gasteiger partial charge on any atom is 0.220 e. The van der Waals surface area contributed by atoms with E-state index in [9.17, 15) is 4.79 Å². The molecule has 0 aliphatic rings. The van der Waals surface area contributed by atoms with Crippen molar-refractivity contribution < 1.29 is 4.79 Å². The van der Waals surface area contributed by atoms with Gasteiger partial charge in [0.25, 0.3) is 0 Å². The molecule has 0 radical (unpaired) electrons. The standard InChI is InChI=1S/C11H22N6O/c1-7(2)4-9(6-12)5-10(18)13-8(3)11-14-16-17-15-11/h7-9H,4-6,12H2,1-3H3,(H,13,18)(H,14,15,16,17)/t8?,9-/m0/s1. The summed E-state index contributed by atoms with van der Waals surface area (Å²) in [6.45, 7) is 6.61. The molecule has 1 aromatic rings. The molecule has 1 unspecified atom stereocenters. The highest BCUT2D eigenvalue weighted by molar-refractivity contribution is 5.76. The van der Waals surface area contributed by atoms with Gasteiger partial charge < -0.3 is 11.1 Å². The minimum Gasteiger partial charge on any atom is -0.346 e. The van der Waals surface area contributed by atoms with Crippen molar-refractivity contribution in [1.82, 2.24) is 25.9 Å². The number of carbonyl (C=O) groups excluding carboxylic acids is 1. The van der Waals surface area contributed by atoms with E-state index in [-0.39, 0.29) is 17.9 Å². The summed E-state index contributed by atoms with van der Waals surface area (Å²) in [7, 11) is 0. The summed E-state index contributed by atoms with van der Waals surface area (Å²) in [4.78, 5) is 11.8. The van der Waals surface area contributed by atoms with E-state index in [0.717, 1.165) is 6.42 Å². The number of rotatable bonds is 7. The van der Waals surface area contributed by atoms with Crippen LogP contribution in [0.4, 0.5) is 0 Å². The molecule has 7 heteroatoms. The van der Waals surface area contributed by atoms with E-state index in [1.54, 1.807) is 0 Å². The Morgan fingerprint density at radius 2 is 2.17 bits per heavy atom. The van der Waals surface area contributed by atoms with E-state index in [1.165, 1.54) is 0 Å². The van der Waals surface area contributed by atoms with E-state index in [1.807, 2.05) is 6.92 Å². The summed E-state index contributed by atoms with van der Waals surface area (Å²) in [5.41, 5.74) is 5.68. The zero-order valence-corrected chi connectivity index (χ0v) is 11.2. The van der Waals surface area contributed by atoms with Gasteiger partial charge in [-0.25, -0.2) is 0 Å². The summed E-state index contributed by atoms with van der Waals surface area (Å²) < 4.78 is 0. The Labute approximate surface area is 107 Å². The average Bonchev–Trinajstić information content (AvgIpc) is 2.80. The molecular weight excluding hydrogens is 232 g/mol. The molecule has 0 aromatic carbocycles. The van der Waals surface area contributed by atoms with Crippen molar-refractivity contribution in [2.45, 2.75) is 39.7 Å². The normalized spacial score (nSPS) is 14.5. The van der Waals surface area contributed by atoms with Gasteiger partial charge in [-0.05, 0) is 31.7 Å². The highest BCUT2D eigenvalue weighted by Gasteiger charge is 2.17. The van der Waals surface area contributed by atoms with Crippen LogP contribution in [0.5, 0.6) is 0 Å². The Hall–Kier alpha value is -1.50. The second-order valence-electron chi connectivity index (χ2n) is 4.99. The number of carbonyl (C=O) groups is 1. The molecule has 0 saturated carbocycles. The Kier molecular flexibility index (Phi) is 5.70. The van der Waals surface area contributed by atoms with E-state index < -0.39 is 0 Å². The van der Waals surface area contributed by atoms with Crippen LogP contribution < -0.4 is 11.1 Å². The topological polar surface area (TPSA) is 110 Å². The van der Waals surface area contributed by atoms with Gasteiger partial charge >= 0.3 is 0 Å². The van der Waals surface area contributed by atoms with Crippen molar-refractivity contribution in [2.75, 3.05) is 6.54 Å². The summed E-state index contributed by atoms with van der Waals surface area (Å²) in [6, 6.07) is -0.242. The molecule has 1 heterocycles. The number of aromatic nitrogens is 4. The minimum absolute atomic E-state index is 0.0246. The fourth-order valence-electron chi connectivity index (χ4n) is 1.91. The van der Waals surface area contributed by atoms with Gasteiger partial charge in [0, 0.05) is 6.42 Å². The third-order valence-corrected chi connectivity index (χ3v) is 2.74. The first kappa shape index (κ1) is 14.6. The monoisotopic (exact) mass is 254 g/mol. The Morgan fingerprint density at radius 1 is 1.44 bits per heavy atom. The molecule has 102 valence electrons. The fraction of sp³-hybridized carbons (Fsp3) is 0.818. The lowest BCUT2D eigenvalue weighted by Crippen LogP contribution is -2.31. The zero-order valence-electron chi connectivity index (χ0n) is 11.2. The van der Waals surface area contributed by atoms with Crippen LogP contribution in [0.25, 0.3) is 0 Å². The van der Waals surface area contributed by atoms with Gasteiger partial charge in [-0.2, -0.15) is 5.21 Å². The molecule has 7 nitrogen and oxygen atoms in total. The lowest BCUT2D eigenvalue weighted by atomic mass is 9.94. The number of H-pyrrole nitrogens is 1. The van der Waals surface area contributed by atoms with Crippen LogP contribution in [0.3, 0.4) is 0 Å². The van der Waals surface area contributed by atoms with Crippen molar-refractivity contribution in [3.8, 4) is 0 Å². The molecule has 0 saturated heterocycles. The predicted octanol–water partition coefficient (Wildman–Crippen LogP) is 0.388. The lowest BCUT2D eigenvalue weighted by molar-refractivity contribution is -0.122. The number of hydrogen-bond donors (Lipinski definition) is 3. The van der Waals surface area contributed by atoms with E-state index in [4.69, 9.17) is 5.73 Å². The lowest BCUT2D eigenvalue weighted by Gasteiger charge is -2.17. The number of nitrogens with zero attached hydrogens (tertiary/aromatic N) is 3. The molecule has 0 aliphatic carbocycles. The highest BCUT2D eigenvalue weighted by atomic mass is 16.1. The molecule has 0 aliphatic heterocycles. The molecule has 0 bridgehead atoms. The average molecular weight is 254 g/mol. The molecule has 0 spiro atoms. The Bertz CT molecular complexity index is 350. The molecular formula is C11H22N6O. The van der Waals surface area contributed by atoms with Crippen LogP contribution in [-0.4, -0.2) is 33.1 Å². The van der Waals surface area contributed by atoms with Crippen molar-refractivity contribution in [3.05, 3.63) is 5.82 Å². The van der Waals surface area contributed by atoms with Gasteiger partial charge in [-0.3, -0.25) is 4.79 Å². The third kappa shape index (κ3) is 4.79. The largest absolute Gasteiger partial charge is 0.346 e. The van der Waals surface area contributed by atoms with Crippen molar-refractivity contribution in [3.63, 3.8) is 0 Å². The third-order valence-electron chi connectivity index (χ3n) is 2.74. The maximum atomic E-state index is 11.8. The molecule has 1 amide bonds. The number of amides is 1. The van der Waals surface area contributed by atoms with Gasteiger partial charge in [0.05, 0.1) is 6.04 Å². The van der Waals surface area contributed by atoms with E-state index in [2.05, 4.69) is 39.8 Å². The van der Waals surface area contributed by atoms with Crippen LogP contribution in [0, 0.1) is 11.8 Å². The van der Waals surface area contributed by atoms with Gasteiger partial charge in [-0.15, -0.1) is 10.2 Å². The quantitative estimate of drug-likeness (QED) is 0.652. The summed E-state index contributed by atoms with van der Waals surface area (Å²) in [6.07, 6.45) is 1.40. The van der Waals surface area contributed by atoms with Gasteiger partial charge in [0.1, 0.15) is 0 Å². The van der Waals surface area contributed by atoms with Crippen molar-refractivity contribution in [1.29, 1.82) is 0 Å². The molecule has 1 rings (SSSR count). The number of aromatic amines is 1. The number of hydrogen-bond acceptors (Lipinski definition) is 5. The van der Waals surface area contributed by atoms with Crippen LogP contribution in [0.15, 0.2) is 0 Å². The van der Waals surface area contributed by atoms with E-state index in [0.29, 0.717) is 24.7 Å². The number of nitrogens with two attached hydrogens (primary N) is 1. The van der Waals surface area contributed by atoms with Gasteiger partial charge in [0.15, 0.2) is 5.82 Å². The smallest absolute Gasteiger partial charge is 0.220 e. The van der Waals surface area contributed by atoms with Gasteiger partial charge in [0.2, 0.25) is 5.91 Å². The fourth-order valence-corrected chi connectivity index (χ4v) is 1.91. The Morgan fingerprint density at radius 3 is 2.67 bits per heavy atom. The van der Waals surface area contributed by atoms with Crippen molar-refractivity contribution >= 4 is 5.91 Å².